The van der Waals surface area contributed by atoms with Gasteiger partial charge in [-0.3, -0.25) is 4.79 Å². The number of aryl methyl sites for hydroxylation is 2. The Hall–Kier alpha value is -2.33. The second kappa shape index (κ2) is 10.1. The Bertz CT molecular complexity index is 730. The number of hydrogen-bond donors (Lipinski definition) is 1. The van der Waals surface area contributed by atoms with E-state index in [1.807, 2.05) is 43.3 Å². The van der Waals surface area contributed by atoms with E-state index in [2.05, 4.69) is 17.4 Å². The normalized spacial score (nSPS) is 14.3. The fourth-order valence-corrected chi connectivity index (χ4v) is 3.39. The molecule has 144 valence electrons. The average Bonchev–Trinajstić information content (AvgIpc) is 2.72. The monoisotopic (exact) mass is 367 g/mol. The molecule has 4 heteroatoms. The van der Waals surface area contributed by atoms with Crippen LogP contribution in [0.2, 0.25) is 0 Å². The van der Waals surface area contributed by atoms with Crippen molar-refractivity contribution in [3.05, 3.63) is 65.2 Å². The summed E-state index contributed by atoms with van der Waals surface area (Å²) in [7, 11) is 0. The summed E-state index contributed by atoms with van der Waals surface area (Å²) < 4.78 is 11.6. The van der Waals surface area contributed by atoms with Crippen LogP contribution in [0.1, 0.15) is 42.9 Å². The van der Waals surface area contributed by atoms with Crippen LogP contribution in [0.3, 0.4) is 0 Å². The van der Waals surface area contributed by atoms with Crippen LogP contribution in [-0.4, -0.2) is 25.2 Å². The standard InChI is InChI=1S/C23H29NO3/c1-2-22(27-21-13-12-19-10-6-7-11-20(19)16-21)23(25)24-14-15-26-17-18-8-4-3-5-9-18/h3-5,8-9,12-13,16,22H,2,6-7,10-11,14-15,17H2,1H3,(H,24,25). The zero-order valence-corrected chi connectivity index (χ0v) is 16.1. The molecule has 0 saturated carbocycles. The van der Waals surface area contributed by atoms with Gasteiger partial charge in [-0.05, 0) is 60.9 Å². The van der Waals surface area contributed by atoms with Crippen molar-refractivity contribution in [2.24, 2.45) is 0 Å². The van der Waals surface area contributed by atoms with Crippen LogP contribution in [0.5, 0.6) is 5.75 Å². The number of ether oxygens (including phenoxy) is 2. The average molecular weight is 367 g/mol. The van der Waals surface area contributed by atoms with E-state index in [-0.39, 0.29) is 5.91 Å². The third kappa shape index (κ3) is 5.83. The fraction of sp³-hybridized carbons (Fsp3) is 0.435. The summed E-state index contributed by atoms with van der Waals surface area (Å²) in [6, 6.07) is 16.3. The van der Waals surface area contributed by atoms with Crippen molar-refractivity contribution in [2.75, 3.05) is 13.2 Å². The lowest BCUT2D eigenvalue weighted by atomic mass is 9.92. The quantitative estimate of drug-likeness (QED) is 0.680. The third-order valence-corrected chi connectivity index (χ3v) is 4.92. The molecular weight excluding hydrogens is 338 g/mol. The summed E-state index contributed by atoms with van der Waals surface area (Å²) in [6.07, 6.45) is 4.91. The van der Waals surface area contributed by atoms with Gasteiger partial charge >= 0.3 is 0 Å². The highest BCUT2D eigenvalue weighted by molar-refractivity contribution is 5.81. The Morgan fingerprint density at radius 3 is 2.63 bits per heavy atom. The van der Waals surface area contributed by atoms with Crippen LogP contribution in [0.15, 0.2) is 48.5 Å². The maximum Gasteiger partial charge on any atom is 0.261 e. The molecule has 2 aromatic rings. The van der Waals surface area contributed by atoms with E-state index >= 15 is 0 Å². The molecule has 0 heterocycles. The lowest BCUT2D eigenvalue weighted by molar-refractivity contribution is -0.128. The van der Waals surface area contributed by atoms with E-state index in [9.17, 15) is 4.79 Å². The lowest BCUT2D eigenvalue weighted by Gasteiger charge is -2.20. The first-order chi connectivity index (χ1) is 13.3. The van der Waals surface area contributed by atoms with Gasteiger partial charge in [0.2, 0.25) is 0 Å². The summed E-state index contributed by atoms with van der Waals surface area (Å²) in [5, 5.41) is 2.91. The number of nitrogens with one attached hydrogen (secondary N) is 1. The summed E-state index contributed by atoms with van der Waals surface area (Å²) in [6.45, 7) is 3.49. The van der Waals surface area contributed by atoms with Gasteiger partial charge in [0.05, 0.1) is 13.2 Å². The number of amides is 1. The number of carbonyl (C=O) groups is 1. The van der Waals surface area contributed by atoms with E-state index in [0.29, 0.717) is 26.2 Å². The Morgan fingerprint density at radius 1 is 1.07 bits per heavy atom. The minimum absolute atomic E-state index is 0.0847. The number of benzene rings is 2. The van der Waals surface area contributed by atoms with Gasteiger partial charge in [0.15, 0.2) is 6.10 Å². The Kier molecular flexibility index (Phi) is 7.28. The molecule has 0 bridgehead atoms. The molecule has 1 unspecified atom stereocenters. The van der Waals surface area contributed by atoms with Gasteiger partial charge in [-0.15, -0.1) is 0 Å². The van der Waals surface area contributed by atoms with E-state index in [1.54, 1.807) is 0 Å². The summed E-state index contributed by atoms with van der Waals surface area (Å²) >= 11 is 0. The van der Waals surface area contributed by atoms with Crippen molar-refractivity contribution in [3.8, 4) is 5.75 Å². The van der Waals surface area contributed by atoms with Crippen LogP contribution >= 0.6 is 0 Å². The number of hydrogen-bond acceptors (Lipinski definition) is 3. The summed E-state index contributed by atoms with van der Waals surface area (Å²) in [4.78, 5) is 12.4. The van der Waals surface area contributed by atoms with E-state index < -0.39 is 6.10 Å². The van der Waals surface area contributed by atoms with Crippen molar-refractivity contribution < 1.29 is 14.3 Å². The molecule has 3 rings (SSSR count). The molecule has 1 aliphatic carbocycles. The molecule has 2 aromatic carbocycles. The van der Waals surface area contributed by atoms with Gasteiger partial charge in [0.1, 0.15) is 5.75 Å². The molecule has 1 aliphatic rings. The smallest absolute Gasteiger partial charge is 0.261 e. The van der Waals surface area contributed by atoms with Gasteiger partial charge < -0.3 is 14.8 Å². The maximum absolute atomic E-state index is 12.4. The molecular formula is C23H29NO3. The van der Waals surface area contributed by atoms with Crippen LogP contribution in [0.25, 0.3) is 0 Å². The van der Waals surface area contributed by atoms with E-state index in [1.165, 1.54) is 24.0 Å². The van der Waals surface area contributed by atoms with Gasteiger partial charge in [-0.25, -0.2) is 0 Å². The molecule has 1 atom stereocenters. The van der Waals surface area contributed by atoms with Crippen LogP contribution < -0.4 is 10.1 Å². The van der Waals surface area contributed by atoms with Gasteiger partial charge in [0, 0.05) is 6.54 Å². The molecule has 0 radical (unpaired) electrons. The summed E-state index contributed by atoms with van der Waals surface area (Å²) in [5.41, 5.74) is 3.91. The second-order valence-corrected chi connectivity index (χ2v) is 6.98. The minimum Gasteiger partial charge on any atom is -0.481 e. The van der Waals surface area contributed by atoms with E-state index in [4.69, 9.17) is 9.47 Å². The van der Waals surface area contributed by atoms with Gasteiger partial charge in [-0.2, -0.15) is 0 Å². The molecule has 0 aromatic heterocycles. The third-order valence-electron chi connectivity index (χ3n) is 4.92. The molecule has 4 nitrogen and oxygen atoms in total. The van der Waals surface area contributed by atoms with Crippen LogP contribution in [-0.2, 0) is 29.0 Å². The van der Waals surface area contributed by atoms with Crippen LogP contribution in [0.4, 0.5) is 0 Å². The van der Waals surface area contributed by atoms with E-state index in [0.717, 1.165) is 24.2 Å². The minimum atomic E-state index is -0.472. The number of carbonyl (C=O) groups excluding carboxylic acids is 1. The van der Waals surface area contributed by atoms with Crippen molar-refractivity contribution in [1.29, 1.82) is 0 Å². The zero-order valence-electron chi connectivity index (χ0n) is 16.1. The van der Waals surface area contributed by atoms with Gasteiger partial charge in [0.25, 0.3) is 5.91 Å². The lowest BCUT2D eigenvalue weighted by Crippen LogP contribution is -2.39. The molecule has 0 spiro atoms. The predicted octanol–water partition coefficient (Wildman–Crippen LogP) is 4.06. The molecule has 0 fully saturated rings. The highest BCUT2D eigenvalue weighted by Crippen LogP contribution is 2.26. The number of rotatable bonds is 9. The van der Waals surface area contributed by atoms with Crippen molar-refractivity contribution in [2.45, 2.75) is 51.7 Å². The highest BCUT2D eigenvalue weighted by atomic mass is 16.5. The first-order valence-electron chi connectivity index (χ1n) is 9.94. The first-order valence-corrected chi connectivity index (χ1v) is 9.94. The summed E-state index contributed by atoms with van der Waals surface area (Å²) in [5.74, 6) is 0.705. The first kappa shape index (κ1) is 19.4. The maximum atomic E-state index is 12.4. The number of fused-ring (bicyclic) bond motifs is 1. The fourth-order valence-electron chi connectivity index (χ4n) is 3.39. The zero-order chi connectivity index (χ0) is 18.9. The SMILES string of the molecule is CCC(Oc1ccc2c(c1)CCCC2)C(=O)NCCOCc1ccccc1. The Morgan fingerprint density at radius 2 is 1.85 bits per heavy atom. The topological polar surface area (TPSA) is 47.6 Å². The van der Waals surface area contributed by atoms with Crippen molar-refractivity contribution >= 4 is 5.91 Å². The molecule has 1 amide bonds. The van der Waals surface area contributed by atoms with Crippen molar-refractivity contribution in [3.63, 3.8) is 0 Å². The predicted molar refractivity (Wildman–Crippen MR) is 107 cm³/mol. The Balaban J connectivity index is 1.42. The Labute approximate surface area is 161 Å². The molecule has 0 saturated heterocycles. The highest BCUT2D eigenvalue weighted by Gasteiger charge is 2.19. The van der Waals surface area contributed by atoms with Crippen LogP contribution in [0, 0.1) is 0 Å². The van der Waals surface area contributed by atoms with Gasteiger partial charge in [-0.1, -0.05) is 43.3 Å². The molecule has 0 aliphatic heterocycles. The molecule has 1 N–H and O–H groups in total. The second-order valence-electron chi connectivity index (χ2n) is 6.98. The largest absolute Gasteiger partial charge is 0.481 e. The molecule has 27 heavy (non-hydrogen) atoms. The van der Waals surface area contributed by atoms with Crippen molar-refractivity contribution in [1.82, 2.24) is 5.32 Å².